The summed E-state index contributed by atoms with van der Waals surface area (Å²) >= 11 is 9.50. The molecule has 1 saturated carbocycles. The monoisotopic (exact) mass is 1130 g/mol. The van der Waals surface area contributed by atoms with Gasteiger partial charge in [0.1, 0.15) is 52.5 Å². The number of halogens is 1. The number of esters is 1. The molecule has 2 fully saturated rings. The highest BCUT2D eigenvalue weighted by atomic mass is 35.5. The van der Waals surface area contributed by atoms with E-state index >= 15 is 0 Å². The quantitative estimate of drug-likeness (QED) is 0.0664. The van der Waals surface area contributed by atoms with Gasteiger partial charge in [-0.1, -0.05) is 68.8 Å². The molecule has 0 spiro atoms. The standard InChI is InChI=1S/C58H63ClN10O8S2/c1-29-32(4)79-57-49(29)50(35-13-15-38(59)16-14-35)64-43(53-67-66-33(5)69(53)57)26-47(70)63-39-23-41(24-39)75-40-17-18-45-37(21-40)22-46(77-45)55(73)65-52(58(6,7)8)56(74)68-27-42(76-48(71)19-20-60)25-44(68)54(72)62-30(2)34-9-11-36(12-10-34)51-31(3)61-28-78-51/h9-18,21-22,28,30,39,41-44,52H,19-20,23-27,60H2,1-8H3,(H,62,72)(H,63,70)(H,65,73)/t30-,39-,41+,42+,43-,44-,52?/m0/s1. The summed E-state index contributed by atoms with van der Waals surface area (Å²) in [6.07, 6.45) is 0.322. The Kier molecular flexibility index (Phi) is 15.7. The molecule has 7 aromatic rings. The number of aliphatic imine (C=N–C) groups is 1. The molecule has 6 heterocycles. The maximum atomic E-state index is 14.7. The highest BCUT2D eigenvalue weighted by Crippen LogP contribution is 2.40. The van der Waals surface area contributed by atoms with Crippen LogP contribution >= 0.6 is 34.3 Å². The lowest BCUT2D eigenvalue weighted by Crippen LogP contribution is -2.57. The minimum atomic E-state index is -1.12. The number of carbonyl (C=O) groups is 5. The van der Waals surface area contributed by atoms with Gasteiger partial charge in [0.05, 0.1) is 47.2 Å². The van der Waals surface area contributed by atoms with Crippen molar-refractivity contribution in [3.8, 4) is 21.2 Å². The van der Waals surface area contributed by atoms with Gasteiger partial charge in [-0.25, -0.2) is 4.98 Å². The SMILES string of the molecule is Cc1ncsc1-c1ccc([C@H](C)NC(=O)[C@@H]2C[C@@H](OC(=O)CCN)CN2C(=O)C(NC(=O)c2cc3cc(O[C@H]4C[C@@H](NC(=O)C[C@@H]5N=C(c6ccc(Cl)cc6)c6c(sc(C)c6C)-n6c(C)nnc65)C4)ccc3o2)C(C)(C)C)cc1. The van der Waals surface area contributed by atoms with Crippen LogP contribution in [-0.4, -0.2) is 103 Å². The fourth-order valence-electron chi connectivity index (χ4n) is 10.4. The molecule has 3 aliphatic rings. The number of aromatic nitrogens is 4. The van der Waals surface area contributed by atoms with Crippen LogP contribution in [0.25, 0.3) is 26.4 Å². The van der Waals surface area contributed by atoms with E-state index in [1.165, 1.54) is 4.90 Å². The summed E-state index contributed by atoms with van der Waals surface area (Å²) in [5, 5.41) is 20.3. The lowest BCUT2D eigenvalue weighted by atomic mass is 9.85. The van der Waals surface area contributed by atoms with Crippen LogP contribution in [0.4, 0.5) is 0 Å². The second-order valence-electron chi connectivity index (χ2n) is 21.7. The van der Waals surface area contributed by atoms with Crippen LogP contribution < -0.4 is 26.4 Å². The lowest BCUT2D eigenvalue weighted by molar-refractivity contribution is -0.149. The summed E-state index contributed by atoms with van der Waals surface area (Å²) in [5.74, 6) is -0.406. The second kappa shape index (κ2) is 22.5. The van der Waals surface area contributed by atoms with Crippen molar-refractivity contribution in [1.82, 2.24) is 40.6 Å². The maximum absolute atomic E-state index is 14.7. The van der Waals surface area contributed by atoms with Crippen molar-refractivity contribution in [2.75, 3.05) is 13.1 Å². The second-order valence-corrected chi connectivity index (χ2v) is 24.2. The van der Waals surface area contributed by atoms with Crippen molar-refractivity contribution in [3.05, 3.63) is 134 Å². The Morgan fingerprint density at radius 3 is 2.34 bits per heavy atom. The number of ether oxygens (including phenoxy) is 2. The smallest absolute Gasteiger partial charge is 0.307 e. The molecule has 18 nitrogen and oxygen atoms in total. The summed E-state index contributed by atoms with van der Waals surface area (Å²) in [5.41, 5.74) is 13.6. The number of carbonyl (C=O) groups excluding carboxylic acids is 5. The summed E-state index contributed by atoms with van der Waals surface area (Å²) in [7, 11) is 0. The van der Waals surface area contributed by atoms with Crippen LogP contribution in [0.2, 0.25) is 5.02 Å². The molecule has 0 radical (unpaired) electrons. The van der Waals surface area contributed by atoms with Gasteiger partial charge in [-0.15, -0.1) is 32.9 Å². The first kappa shape index (κ1) is 55.1. The highest BCUT2D eigenvalue weighted by molar-refractivity contribution is 7.15. The molecule has 5 atom stereocenters. The number of nitrogens with zero attached hydrogens (tertiary/aromatic N) is 6. The molecule has 21 heteroatoms. The number of thiophene rings is 1. The van der Waals surface area contributed by atoms with Crippen molar-refractivity contribution >= 4 is 80.6 Å². The van der Waals surface area contributed by atoms with Gasteiger partial charge in [-0.2, -0.15) is 0 Å². The first-order chi connectivity index (χ1) is 37.7. The first-order valence-electron chi connectivity index (χ1n) is 26.4. The third-order valence-corrected chi connectivity index (χ3v) is 17.3. The van der Waals surface area contributed by atoms with Gasteiger partial charge in [0.15, 0.2) is 11.6 Å². The Hall–Kier alpha value is -7.26. The molecule has 2 aliphatic heterocycles. The van der Waals surface area contributed by atoms with E-state index in [0.29, 0.717) is 46.2 Å². The van der Waals surface area contributed by atoms with Crippen molar-refractivity contribution < 1.29 is 37.9 Å². The predicted octanol–water partition coefficient (Wildman–Crippen LogP) is 8.98. The number of rotatable bonds is 16. The van der Waals surface area contributed by atoms with Gasteiger partial charge in [0.2, 0.25) is 17.7 Å². The number of aryl methyl sites for hydroxylation is 3. The lowest BCUT2D eigenvalue weighted by Gasteiger charge is -2.36. The van der Waals surface area contributed by atoms with Gasteiger partial charge >= 0.3 is 5.97 Å². The van der Waals surface area contributed by atoms with Gasteiger partial charge in [-0.05, 0) is 93.1 Å². The largest absolute Gasteiger partial charge is 0.490 e. The Balaban J connectivity index is 0.774. The number of fused-ring (bicyclic) bond motifs is 4. The third-order valence-electron chi connectivity index (χ3n) is 14.9. The van der Waals surface area contributed by atoms with Crippen LogP contribution in [0.3, 0.4) is 0 Å². The summed E-state index contributed by atoms with van der Waals surface area (Å²) in [6.45, 7) is 15.4. The van der Waals surface area contributed by atoms with Crippen molar-refractivity contribution in [3.63, 3.8) is 0 Å². The zero-order chi connectivity index (χ0) is 56.0. The van der Waals surface area contributed by atoms with Crippen LogP contribution in [-0.2, 0) is 23.9 Å². The molecule has 79 heavy (non-hydrogen) atoms. The molecular formula is C58H63ClN10O8S2. The van der Waals surface area contributed by atoms with Gasteiger partial charge in [0.25, 0.3) is 5.91 Å². The molecule has 4 aromatic heterocycles. The fourth-order valence-corrected chi connectivity index (χ4v) is 12.6. The minimum Gasteiger partial charge on any atom is -0.490 e. The third kappa shape index (κ3) is 11.6. The van der Waals surface area contributed by atoms with Crippen LogP contribution in [0, 0.1) is 33.1 Å². The van der Waals surface area contributed by atoms with E-state index in [4.69, 9.17) is 36.2 Å². The van der Waals surface area contributed by atoms with Gasteiger partial charge in [0, 0.05) is 58.3 Å². The number of hydrogen-bond donors (Lipinski definition) is 4. The Bertz CT molecular complexity index is 3500. The van der Waals surface area contributed by atoms with E-state index in [2.05, 4.69) is 45.0 Å². The molecule has 0 bridgehead atoms. The topological polar surface area (TPSA) is 238 Å². The zero-order valence-corrected chi connectivity index (χ0v) is 47.6. The van der Waals surface area contributed by atoms with E-state index in [1.807, 2.05) is 94.6 Å². The number of amides is 4. The molecule has 10 rings (SSSR count). The Morgan fingerprint density at radius 1 is 0.911 bits per heavy atom. The average Bonchev–Trinajstić information content (AvgIpc) is 4.37. The Labute approximate surface area is 470 Å². The number of nitrogens with one attached hydrogen (secondary N) is 3. The highest BCUT2D eigenvalue weighted by Gasteiger charge is 2.47. The molecule has 1 unspecified atom stereocenters. The van der Waals surface area contributed by atoms with E-state index < -0.39 is 59.4 Å². The molecular weight excluding hydrogens is 1060 g/mol. The number of hydrogen-bond acceptors (Lipinski definition) is 15. The van der Waals surface area contributed by atoms with E-state index in [0.717, 1.165) is 54.0 Å². The molecule has 1 saturated heterocycles. The van der Waals surface area contributed by atoms with Gasteiger partial charge in [-0.3, -0.25) is 33.5 Å². The van der Waals surface area contributed by atoms with E-state index in [9.17, 15) is 24.0 Å². The number of benzene rings is 3. The van der Waals surface area contributed by atoms with Gasteiger partial charge < -0.3 is 40.5 Å². The molecule has 4 amide bonds. The number of thiazole rings is 1. The van der Waals surface area contributed by atoms with Crippen LogP contribution in [0.5, 0.6) is 5.75 Å². The number of furan rings is 1. The summed E-state index contributed by atoms with van der Waals surface area (Å²) in [4.78, 5) is 82.6. The van der Waals surface area contributed by atoms with Crippen LogP contribution in [0.1, 0.15) is 127 Å². The van der Waals surface area contributed by atoms with Crippen molar-refractivity contribution in [2.45, 2.75) is 130 Å². The van der Waals surface area contributed by atoms with Crippen molar-refractivity contribution in [1.29, 1.82) is 0 Å². The maximum Gasteiger partial charge on any atom is 0.307 e. The van der Waals surface area contributed by atoms with E-state index in [1.54, 1.807) is 52.4 Å². The Morgan fingerprint density at radius 2 is 1.65 bits per heavy atom. The fraction of sp³-hybridized carbons (Fsp3) is 0.397. The summed E-state index contributed by atoms with van der Waals surface area (Å²) < 4.78 is 20.1. The minimum absolute atomic E-state index is 0.0159. The number of likely N-dealkylation sites (tertiary alicyclic amines) is 1. The molecule has 5 N–H and O–H groups in total. The zero-order valence-electron chi connectivity index (χ0n) is 45.2. The summed E-state index contributed by atoms with van der Waals surface area (Å²) in [6, 6.07) is 19.0. The predicted molar refractivity (Wildman–Crippen MR) is 303 cm³/mol. The van der Waals surface area contributed by atoms with E-state index in [-0.39, 0.29) is 56.2 Å². The molecule has 1 aliphatic carbocycles. The molecule has 412 valence electrons. The van der Waals surface area contributed by atoms with Crippen LogP contribution in [0.15, 0.2) is 87.7 Å². The number of nitrogens with two attached hydrogens (primary N) is 1. The molecule has 3 aromatic carbocycles. The first-order valence-corrected chi connectivity index (χ1v) is 28.5. The van der Waals surface area contributed by atoms with Crippen molar-refractivity contribution in [2.24, 2.45) is 16.1 Å². The average molecular weight is 1130 g/mol. The normalized spacial score (nSPS) is 19.5.